The molecule has 21 heavy (non-hydrogen) atoms. The highest BCUT2D eigenvalue weighted by Gasteiger charge is 2.32. The summed E-state index contributed by atoms with van der Waals surface area (Å²) in [6.07, 6.45) is 3.02. The molecule has 2 aromatic rings. The molecule has 1 aliphatic rings. The summed E-state index contributed by atoms with van der Waals surface area (Å²) < 4.78 is 6.59. The fraction of sp³-hybridized carbons (Fsp3) is 0.500. The minimum atomic E-state index is 0.288. The molecule has 4 nitrogen and oxygen atoms in total. The van der Waals surface area contributed by atoms with E-state index in [0.29, 0.717) is 12.5 Å². The van der Waals surface area contributed by atoms with Gasteiger partial charge in [-0.1, -0.05) is 33.2 Å². The van der Waals surface area contributed by atoms with E-state index in [-0.39, 0.29) is 6.04 Å². The normalized spacial score (nSPS) is 19.5. The second-order valence-electron chi connectivity index (χ2n) is 5.84. The highest BCUT2D eigenvalue weighted by molar-refractivity contribution is 9.10. The Morgan fingerprint density at radius 3 is 2.81 bits per heavy atom. The van der Waals surface area contributed by atoms with Crippen molar-refractivity contribution in [3.63, 3.8) is 0 Å². The van der Waals surface area contributed by atoms with Gasteiger partial charge in [-0.2, -0.15) is 4.98 Å². The monoisotopic (exact) mass is 349 g/mol. The van der Waals surface area contributed by atoms with Crippen LogP contribution in [0.25, 0.3) is 0 Å². The van der Waals surface area contributed by atoms with Crippen LogP contribution < -0.4 is 0 Å². The molecule has 0 spiro atoms. The van der Waals surface area contributed by atoms with Crippen LogP contribution >= 0.6 is 15.9 Å². The van der Waals surface area contributed by atoms with Gasteiger partial charge in [0, 0.05) is 16.9 Å². The van der Waals surface area contributed by atoms with Gasteiger partial charge in [0.05, 0.1) is 6.04 Å². The van der Waals surface area contributed by atoms with Crippen LogP contribution in [0.2, 0.25) is 0 Å². The van der Waals surface area contributed by atoms with E-state index in [1.807, 2.05) is 12.1 Å². The lowest BCUT2D eigenvalue weighted by Gasteiger charge is -2.25. The maximum Gasteiger partial charge on any atom is 0.244 e. The molecule has 1 aromatic heterocycles. The summed E-state index contributed by atoms with van der Waals surface area (Å²) >= 11 is 3.44. The van der Waals surface area contributed by atoms with Crippen molar-refractivity contribution >= 4 is 15.9 Å². The number of hydrogen-bond acceptors (Lipinski definition) is 4. The van der Waals surface area contributed by atoms with E-state index in [2.05, 4.69) is 57.0 Å². The Bertz CT molecular complexity index is 594. The molecule has 0 aliphatic carbocycles. The zero-order valence-electron chi connectivity index (χ0n) is 12.4. The molecule has 3 rings (SSSR count). The fourth-order valence-electron chi connectivity index (χ4n) is 2.93. The first kappa shape index (κ1) is 14.7. The Morgan fingerprint density at radius 1 is 1.33 bits per heavy atom. The third-order valence-electron chi connectivity index (χ3n) is 4.00. The molecule has 0 saturated carbocycles. The van der Waals surface area contributed by atoms with E-state index < -0.39 is 0 Å². The van der Waals surface area contributed by atoms with Gasteiger partial charge in [0.15, 0.2) is 5.82 Å². The maximum absolute atomic E-state index is 5.51. The third kappa shape index (κ3) is 3.35. The Morgan fingerprint density at radius 2 is 2.10 bits per heavy atom. The van der Waals surface area contributed by atoms with Gasteiger partial charge in [0.1, 0.15) is 0 Å². The maximum atomic E-state index is 5.51. The van der Waals surface area contributed by atoms with E-state index in [0.717, 1.165) is 29.2 Å². The molecule has 5 heteroatoms. The zero-order valence-corrected chi connectivity index (χ0v) is 14.0. The van der Waals surface area contributed by atoms with Crippen LogP contribution in [0.5, 0.6) is 0 Å². The molecule has 0 N–H and O–H groups in total. The van der Waals surface area contributed by atoms with Crippen molar-refractivity contribution in [2.24, 2.45) is 0 Å². The lowest BCUT2D eigenvalue weighted by molar-refractivity contribution is 0.170. The quantitative estimate of drug-likeness (QED) is 0.837. The minimum absolute atomic E-state index is 0.288. The number of hydrogen-bond donors (Lipinski definition) is 0. The highest BCUT2D eigenvalue weighted by atomic mass is 79.9. The Labute approximate surface area is 133 Å². The molecular formula is C16H20BrN3O. The van der Waals surface area contributed by atoms with Crippen LogP contribution in [0.15, 0.2) is 33.3 Å². The summed E-state index contributed by atoms with van der Waals surface area (Å²) in [6, 6.07) is 9.03. The summed E-state index contributed by atoms with van der Waals surface area (Å²) in [4.78, 5) is 7.05. The predicted octanol–water partition coefficient (Wildman–Crippen LogP) is 3.97. The first-order chi connectivity index (χ1) is 10.1. The molecule has 1 unspecified atom stereocenters. The van der Waals surface area contributed by atoms with E-state index in [9.17, 15) is 0 Å². The van der Waals surface area contributed by atoms with Crippen molar-refractivity contribution in [2.75, 3.05) is 6.54 Å². The van der Waals surface area contributed by atoms with Crippen molar-refractivity contribution in [1.29, 1.82) is 0 Å². The predicted molar refractivity (Wildman–Crippen MR) is 85.1 cm³/mol. The molecule has 1 atom stereocenters. The number of rotatable bonds is 4. The molecule has 2 heterocycles. The first-order valence-corrected chi connectivity index (χ1v) is 8.25. The Hall–Kier alpha value is -1.20. The van der Waals surface area contributed by atoms with Gasteiger partial charge in [0.2, 0.25) is 5.89 Å². The van der Waals surface area contributed by atoms with Crippen molar-refractivity contribution < 1.29 is 4.52 Å². The largest absolute Gasteiger partial charge is 0.338 e. The standard InChI is InChI=1S/C16H20BrN3O/c1-11(2)20-9-3-4-14(20)16-18-15(19-21-16)10-12-5-7-13(17)8-6-12/h5-8,11,14H,3-4,9-10H2,1-2H3. The van der Waals surface area contributed by atoms with Gasteiger partial charge in [-0.3, -0.25) is 4.90 Å². The first-order valence-electron chi connectivity index (χ1n) is 7.46. The van der Waals surface area contributed by atoms with Crippen LogP contribution in [-0.2, 0) is 6.42 Å². The van der Waals surface area contributed by atoms with Crippen LogP contribution in [-0.4, -0.2) is 27.6 Å². The average Bonchev–Trinajstić information content (AvgIpc) is 3.09. The molecular weight excluding hydrogens is 330 g/mol. The van der Waals surface area contributed by atoms with E-state index in [1.165, 1.54) is 12.0 Å². The van der Waals surface area contributed by atoms with Crippen molar-refractivity contribution in [2.45, 2.75) is 45.2 Å². The smallest absolute Gasteiger partial charge is 0.244 e. The second kappa shape index (κ2) is 6.28. The third-order valence-corrected chi connectivity index (χ3v) is 4.53. The van der Waals surface area contributed by atoms with Crippen molar-refractivity contribution in [1.82, 2.24) is 15.0 Å². The minimum Gasteiger partial charge on any atom is -0.338 e. The van der Waals surface area contributed by atoms with Gasteiger partial charge in [0.25, 0.3) is 0 Å². The average molecular weight is 350 g/mol. The Balaban J connectivity index is 1.72. The van der Waals surface area contributed by atoms with Gasteiger partial charge in [-0.05, 0) is 50.9 Å². The van der Waals surface area contributed by atoms with Crippen LogP contribution in [0.1, 0.15) is 50.0 Å². The number of likely N-dealkylation sites (tertiary alicyclic amines) is 1. The van der Waals surface area contributed by atoms with Crippen LogP contribution in [0, 0.1) is 0 Å². The number of aromatic nitrogens is 2. The highest BCUT2D eigenvalue weighted by Crippen LogP contribution is 2.32. The molecule has 112 valence electrons. The van der Waals surface area contributed by atoms with Gasteiger partial charge < -0.3 is 4.52 Å². The molecule has 1 fully saturated rings. The molecule has 0 bridgehead atoms. The molecule has 1 aliphatic heterocycles. The molecule has 0 amide bonds. The van der Waals surface area contributed by atoms with Gasteiger partial charge >= 0.3 is 0 Å². The molecule has 1 saturated heterocycles. The topological polar surface area (TPSA) is 42.2 Å². The van der Waals surface area contributed by atoms with Crippen LogP contribution in [0.3, 0.4) is 0 Å². The fourth-order valence-corrected chi connectivity index (χ4v) is 3.20. The van der Waals surface area contributed by atoms with E-state index in [4.69, 9.17) is 4.52 Å². The van der Waals surface area contributed by atoms with Crippen molar-refractivity contribution in [3.05, 3.63) is 46.0 Å². The number of halogens is 1. The SMILES string of the molecule is CC(C)N1CCCC1c1nc(Cc2ccc(Br)cc2)no1. The summed E-state index contributed by atoms with van der Waals surface area (Å²) in [5.41, 5.74) is 1.19. The van der Waals surface area contributed by atoms with Gasteiger partial charge in [-0.15, -0.1) is 0 Å². The van der Waals surface area contributed by atoms with Crippen LogP contribution in [0.4, 0.5) is 0 Å². The summed E-state index contributed by atoms with van der Waals surface area (Å²) in [6.45, 7) is 5.56. The van der Waals surface area contributed by atoms with E-state index in [1.54, 1.807) is 0 Å². The second-order valence-corrected chi connectivity index (χ2v) is 6.76. The molecule has 1 aromatic carbocycles. The number of benzene rings is 1. The summed E-state index contributed by atoms with van der Waals surface area (Å²) in [5, 5.41) is 4.15. The molecule has 0 radical (unpaired) electrons. The van der Waals surface area contributed by atoms with Gasteiger partial charge in [-0.25, -0.2) is 0 Å². The lowest BCUT2D eigenvalue weighted by atomic mass is 10.1. The Kier molecular flexibility index (Phi) is 4.40. The lowest BCUT2D eigenvalue weighted by Crippen LogP contribution is -2.30. The zero-order chi connectivity index (χ0) is 14.8. The van der Waals surface area contributed by atoms with Crippen molar-refractivity contribution in [3.8, 4) is 0 Å². The number of nitrogens with zero attached hydrogens (tertiary/aromatic N) is 3. The van der Waals surface area contributed by atoms with E-state index >= 15 is 0 Å². The summed E-state index contributed by atoms with van der Waals surface area (Å²) in [5.74, 6) is 1.54. The summed E-state index contributed by atoms with van der Waals surface area (Å²) in [7, 11) is 0.